The van der Waals surface area contributed by atoms with Crippen molar-refractivity contribution in [3.05, 3.63) is 65.7 Å². The molecule has 0 aliphatic rings. The number of benzene rings is 1. The van der Waals surface area contributed by atoms with Crippen LogP contribution in [0.3, 0.4) is 0 Å². The van der Waals surface area contributed by atoms with Crippen LogP contribution in [0.2, 0.25) is 0 Å². The standard InChI is InChI=1S/C15H15N3O/c1-10-6-8-19-15(10)14(18-16)12-5-4-11-3-2-7-17-13(11)9-12/h2-9,14,18H,16H2,1H3. The van der Waals surface area contributed by atoms with E-state index in [0.717, 1.165) is 27.8 Å². The molecule has 0 saturated carbocycles. The minimum atomic E-state index is -0.165. The Morgan fingerprint density at radius 2 is 2.16 bits per heavy atom. The number of aryl methyl sites for hydroxylation is 1. The quantitative estimate of drug-likeness (QED) is 0.556. The highest BCUT2D eigenvalue weighted by Crippen LogP contribution is 2.26. The predicted molar refractivity (Wildman–Crippen MR) is 74.4 cm³/mol. The number of aromatic nitrogens is 1. The molecule has 1 atom stereocenters. The molecule has 19 heavy (non-hydrogen) atoms. The van der Waals surface area contributed by atoms with E-state index in [2.05, 4.69) is 10.4 Å². The molecule has 3 rings (SSSR count). The van der Waals surface area contributed by atoms with Crippen molar-refractivity contribution in [3.8, 4) is 0 Å². The van der Waals surface area contributed by atoms with Crippen LogP contribution in [0.4, 0.5) is 0 Å². The largest absolute Gasteiger partial charge is 0.467 e. The molecule has 0 aliphatic carbocycles. The Labute approximate surface area is 111 Å². The van der Waals surface area contributed by atoms with Gasteiger partial charge in [-0.3, -0.25) is 10.8 Å². The van der Waals surface area contributed by atoms with Crippen LogP contribution >= 0.6 is 0 Å². The molecule has 1 aromatic carbocycles. The molecule has 2 aromatic heterocycles. The van der Waals surface area contributed by atoms with Crippen molar-refractivity contribution in [1.82, 2.24) is 10.4 Å². The SMILES string of the molecule is Cc1ccoc1C(NN)c1ccc2cccnc2c1. The lowest BCUT2D eigenvalue weighted by Crippen LogP contribution is -2.29. The number of nitrogens with zero attached hydrogens (tertiary/aromatic N) is 1. The van der Waals surface area contributed by atoms with Crippen molar-refractivity contribution < 1.29 is 4.42 Å². The normalized spacial score (nSPS) is 12.7. The van der Waals surface area contributed by atoms with E-state index in [1.807, 2.05) is 43.3 Å². The van der Waals surface area contributed by atoms with Gasteiger partial charge in [0.1, 0.15) is 11.8 Å². The monoisotopic (exact) mass is 253 g/mol. The molecule has 3 N–H and O–H groups in total. The number of nitrogens with one attached hydrogen (secondary N) is 1. The minimum absolute atomic E-state index is 0.165. The molecule has 0 bridgehead atoms. The van der Waals surface area contributed by atoms with Gasteiger partial charge in [-0.25, -0.2) is 5.43 Å². The maximum Gasteiger partial charge on any atom is 0.129 e. The third-order valence-electron chi connectivity index (χ3n) is 3.29. The summed E-state index contributed by atoms with van der Waals surface area (Å²) in [5, 5.41) is 1.11. The predicted octanol–water partition coefficient (Wildman–Crippen LogP) is 2.69. The molecule has 0 radical (unpaired) electrons. The van der Waals surface area contributed by atoms with Gasteiger partial charge in [0.25, 0.3) is 0 Å². The van der Waals surface area contributed by atoms with Gasteiger partial charge < -0.3 is 4.42 Å². The zero-order chi connectivity index (χ0) is 13.2. The summed E-state index contributed by atoms with van der Waals surface area (Å²) in [7, 11) is 0. The van der Waals surface area contributed by atoms with Crippen molar-refractivity contribution in [2.45, 2.75) is 13.0 Å². The van der Waals surface area contributed by atoms with E-state index in [4.69, 9.17) is 10.3 Å². The van der Waals surface area contributed by atoms with E-state index in [1.54, 1.807) is 12.5 Å². The first-order valence-electron chi connectivity index (χ1n) is 6.14. The number of hydrogen-bond donors (Lipinski definition) is 2. The number of hydrazine groups is 1. The molecule has 2 heterocycles. The average Bonchev–Trinajstić information content (AvgIpc) is 2.86. The molecule has 4 nitrogen and oxygen atoms in total. The molecular weight excluding hydrogens is 238 g/mol. The topological polar surface area (TPSA) is 64.1 Å². The summed E-state index contributed by atoms with van der Waals surface area (Å²) < 4.78 is 5.52. The van der Waals surface area contributed by atoms with E-state index in [1.165, 1.54) is 0 Å². The first-order chi connectivity index (χ1) is 9.29. The molecule has 4 heteroatoms. The van der Waals surface area contributed by atoms with E-state index in [0.29, 0.717) is 0 Å². The fourth-order valence-electron chi connectivity index (χ4n) is 2.27. The van der Waals surface area contributed by atoms with Crippen molar-refractivity contribution in [3.63, 3.8) is 0 Å². The summed E-state index contributed by atoms with van der Waals surface area (Å²) in [5.74, 6) is 6.51. The van der Waals surface area contributed by atoms with Gasteiger partial charge >= 0.3 is 0 Å². The lowest BCUT2D eigenvalue weighted by atomic mass is 10.0. The average molecular weight is 253 g/mol. The van der Waals surface area contributed by atoms with Crippen LogP contribution in [-0.2, 0) is 0 Å². The van der Waals surface area contributed by atoms with Gasteiger partial charge in [0.05, 0.1) is 11.8 Å². The summed E-state index contributed by atoms with van der Waals surface area (Å²) in [6.07, 6.45) is 3.46. The van der Waals surface area contributed by atoms with Gasteiger partial charge in [0.15, 0.2) is 0 Å². The van der Waals surface area contributed by atoms with Gasteiger partial charge in [0, 0.05) is 11.6 Å². The number of hydrogen-bond acceptors (Lipinski definition) is 4. The Morgan fingerprint density at radius 3 is 2.89 bits per heavy atom. The fourth-order valence-corrected chi connectivity index (χ4v) is 2.27. The summed E-state index contributed by atoms with van der Waals surface area (Å²) in [4.78, 5) is 4.36. The van der Waals surface area contributed by atoms with E-state index in [9.17, 15) is 0 Å². The Bertz CT molecular complexity index is 705. The van der Waals surface area contributed by atoms with Crippen LogP contribution in [-0.4, -0.2) is 4.98 Å². The van der Waals surface area contributed by atoms with Crippen molar-refractivity contribution in [2.24, 2.45) is 5.84 Å². The molecule has 3 aromatic rings. The number of furan rings is 1. The maximum absolute atomic E-state index is 5.68. The van der Waals surface area contributed by atoms with E-state index < -0.39 is 0 Å². The smallest absolute Gasteiger partial charge is 0.129 e. The van der Waals surface area contributed by atoms with Crippen molar-refractivity contribution in [1.29, 1.82) is 0 Å². The van der Waals surface area contributed by atoms with Gasteiger partial charge in [0.2, 0.25) is 0 Å². The zero-order valence-corrected chi connectivity index (χ0v) is 10.6. The molecule has 0 saturated heterocycles. The first kappa shape index (κ1) is 11.9. The number of pyridine rings is 1. The Morgan fingerprint density at radius 1 is 1.26 bits per heavy atom. The number of nitrogens with two attached hydrogens (primary N) is 1. The van der Waals surface area contributed by atoms with Gasteiger partial charge in [-0.05, 0) is 36.2 Å². The van der Waals surface area contributed by atoms with Crippen molar-refractivity contribution >= 4 is 10.9 Å². The Hall–Kier alpha value is -2.17. The van der Waals surface area contributed by atoms with Crippen LogP contribution in [0.5, 0.6) is 0 Å². The Balaban J connectivity index is 2.09. The van der Waals surface area contributed by atoms with E-state index in [-0.39, 0.29) is 6.04 Å². The highest BCUT2D eigenvalue weighted by atomic mass is 16.3. The van der Waals surface area contributed by atoms with Gasteiger partial charge in [-0.15, -0.1) is 0 Å². The summed E-state index contributed by atoms with van der Waals surface area (Å²) in [6.45, 7) is 2.00. The van der Waals surface area contributed by atoms with Gasteiger partial charge in [-0.2, -0.15) is 0 Å². The zero-order valence-electron chi connectivity index (χ0n) is 10.6. The maximum atomic E-state index is 5.68. The second-order valence-corrected chi connectivity index (χ2v) is 4.52. The molecule has 1 unspecified atom stereocenters. The first-order valence-corrected chi connectivity index (χ1v) is 6.14. The van der Waals surface area contributed by atoms with Crippen LogP contribution in [0.15, 0.2) is 53.3 Å². The minimum Gasteiger partial charge on any atom is -0.467 e. The lowest BCUT2D eigenvalue weighted by Gasteiger charge is -2.15. The second-order valence-electron chi connectivity index (χ2n) is 4.52. The number of fused-ring (bicyclic) bond motifs is 1. The highest BCUT2D eigenvalue weighted by molar-refractivity contribution is 5.79. The number of rotatable bonds is 3. The fraction of sp³-hybridized carbons (Fsp3) is 0.133. The molecule has 0 aliphatic heterocycles. The molecule has 0 spiro atoms. The second kappa shape index (κ2) is 4.84. The van der Waals surface area contributed by atoms with Crippen LogP contribution in [0.1, 0.15) is 22.9 Å². The summed E-state index contributed by atoms with van der Waals surface area (Å²) in [6, 6.07) is 11.8. The molecule has 0 fully saturated rings. The molecule has 0 amide bonds. The Kier molecular flexibility index (Phi) is 3.03. The molecule has 96 valence electrons. The summed E-state index contributed by atoms with van der Waals surface area (Å²) in [5.41, 5.74) is 5.86. The van der Waals surface area contributed by atoms with Crippen molar-refractivity contribution in [2.75, 3.05) is 0 Å². The third-order valence-corrected chi connectivity index (χ3v) is 3.29. The molecular formula is C15H15N3O. The van der Waals surface area contributed by atoms with E-state index >= 15 is 0 Å². The van der Waals surface area contributed by atoms with Crippen LogP contribution < -0.4 is 11.3 Å². The van der Waals surface area contributed by atoms with Crippen LogP contribution in [0.25, 0.3) is 10.9 Å². The lowest BCUT2D eigenvalue weighted by molar-refractivity contribution is 0.449. The summed E-state index contributed by atoms with van der Waals surface area (Å²) >= 11 is 0. The highest BCUT2D eigenvalue weighted by Gasteiger charge is 2.18. The van der Waals surface area contributed by atoms with Gasteiger partial charge in [-0.1, -0.05) is 18.2 Å². The third kappa shape index (κ3) is 2.12. The van der Waals surface area contributed by atoms with Crippen LogP contribution in [0, 0.1) is 6.92 Å².